The second-order valence-electron chi connectivity index (χ2n) is 14.1. The van der Waals surface area contributed by atoms with E-state index in [1.807, 2.05) is 7.05 Å². The van der Waals surface area contributed by atoms with E-state index >= 15 is 0 Å². The van der Waals surface area contributed by atoms with Crippen LogP contribution in [0, 0.1) is 0 Å². The first-order chi connectivity index (χ1) is 25.6. The van der Waals surface area contributed by atoms with Gasteiger partial charge in [-0.2, -0.15) is 0 Å². The molecule has 0 spiro atoms. The molecule has 53 heavy (non-hydrogen) atoms. The summed E-state index contributed by atoms with van der Waals surface area (Å²) in [5.74, 6) is -2.30. The maximum absolute atomic E-state index is 12.5. The number of likely N-dealkylation sites (N-methyl/N-ethyl adjacent to an activating group) is 1. The lowest BCUT2D eigenvalue weighted by atomic mass is 10.0. The van der Waals surface area contributed by atoms with Gasteiger partial charge in [-0.3, -0.25) is 19.2 Å². The van der Waals surface area contributed by atoms with Crippen molar-refractivity contribution in [2.24, 2.45) is 0 Å². The number of carboxylic acids is 2. The summed E-state index contributed by atoms with van der Waals surface area (Å²) in [4.78, 5) is 60.8. The smallest absolute Gasteiger partial charge is 0.407 e. The van der Waals surface area contributed by atoms with E-state index < -0.39 is 18.0 Å². The molecule has 0 heterocycles. The van der Waals surface area contributed by atoms with E-state index in [1.165, 1.54) is 25.7 Å². The number of hydrogen-bond donors (Lipinski definition) is 3. The molecule has 13 nitrogen and oxygen atoms in total. The Hall–Kier alpha value is -2.93. The molecule has 1 unspecified atom stereocenters. The van der Waals surface area contributed by atoms with Gasteiger partial charge in [-0.1, -0.05) is 84.5 Å². The van der Waals surface area contributed by atoms with E-state index in [4.69, 9.17) is 29.2 Å². The Kier molecular flexibility index (Phi) is 34.1. The number of alkyl carbamates (subject to hydrolysis) is 1. The Bertz CT molecular complexity index is 906. The van der Waals surface area contributed by atoms with Crippen molar-refractivity contribution >= 4 is 30.0 Å². The van der Waals surface area contributed by atoms with E-state index in [-0.39, 0.29) is 63.0 Å². The first-order valence-corrected chi connectivity index (χ1v) is 20.6. The van der Waals surface area contributed by atoms with Crippen LogP contribution in [0.3, 0.4) is 0 Å². The molecule has 0 radical (unpaired) electrons. The average Bonchev–Trinajstić information content (AvgIpc) is 3.12. The molecule has 0 aromatic heterocycles. The minimum absolute atomic E-state index is 0.0362. The van der Waals surface area contributed by atoms with Crippen LogP contribution in [-0.2, 0) is 38.1 Å². The van der Waals surface area contributed by atoms with Crippen LogP contribution in [0.1, 0.15) is 168 Å². The summed E-state index contributed by atoms with van der Waals surface area (Å²) in [6.45, 7) is 6.75. The third-order valence-electron chi connectivity index (χ3n) is 9.13. The molecule has 0 aliphatic carbocycles. The van der Waals surface area contributed by atoms with Crippen LogP contribution in [0.2, 0.25) is 0 Å². The van der Waals surface area contributed by atoms with Crippen LogP contribution in [0.15, 0.2) is 0 Å². The van der Waals surface area contributed by atoms with Gasteiger partial charge in [0.1, 0.15) is 25.4 Å². The molecule has 0 aliphatic rings. The first kappa shape index (κ1) is 50.1. The van der Waals surface area contributed by atoms with Crippen LogP contribution < -0.4 is 5.32 Å². The lowest BCUT2D eigenvalue weighted by Crippen LogP contribution is -2.35. The normalized spacial score (nSPS) is 11.8. The number of unbranched alkanes of at least 4 members (excludes halogenated alkanes) is 14. The molecule has 0 rings (SSSR count). The molecule has 1 atom stereocenters. The van der Waals surface area contributed by atoms with Gasteiger partial charge in [0, 0.05) is 45.4 Å². The summed E-state index contributed by atoms with van der Waals surface area (Å²) in [6, 6.07) is 0. The second kappa shape index (κ2) is 36.1. The molecule has 0 saturated carbocycles. The molecule has 310 valence electrons. The molecule has 13 heteroatoms. The topological polar surface area (TPSA) is 178 Å². The molecular weight excluding hydrogens is 684 g/mol. The predicted octanol–water partition coefficient (Wildman–Crippen LogP) is 8.06. The molecule has 0 aliphatic heterocycles. The fourth-order valence-electron chi connectivity index (χ4n) is 5.65. The summed E-state index contributed by atoms with van der Waals surface area (Å²) >= 11 is 0. The largest absolute Gasteiger partial charge is 0.481 e. The zero-order chi connectivity index (χ0) is 39.4. The number of carbonyl (C=O) groups is 5. The predicted molar refractivity (Wildman–Crippen MR) is 205 cm³/mol. The Morgan fingerprint density at radius 1 is 0.585 bits per heavy atom. The monoisotopic (exact) mass is 759 g/mol. The lowest BCUT2D eigenvalue weighted by Gasteiger charge is -2.20. The van der Waals surface area contributed by atoms with E-state index in [9.17, 15) is 24.0 Å². The van der Waals surface area contributed by atoms with E-state index in [0.29, 0.717) is 51.7 Å². The Labute approximate surface area is 319 Å². The number of nitrogens with zero attached hydrogens (tertiary/aromatic N) is 1. The third-order valence-corrected chi connectivity index (χ3v) is 9.13. The number of carbonyl (C=O) groups excluding carboxylic acids is 3. The van der Waals surface area contributed by atoms with Gasteiger partial charge in [-0.25, -0.2) is 4.79 Å². The van der Waals surface area contributed by atoms with Gasteiger partial charge in [0.15, 0.2) is 0 Å². The highest BCUT2D eigenvalue weighted by Gasteiger charge is 2.18. The highest BCUT2D eigenvalue weighted by Crippen LogP contribution is 2.16. The molecule has 0 aromatic carbocycles. The van der Waals surface area contributed by atoms with Gasteiger partial charge < -0.3 is 39.4 Å². The van der Waals surface area contributed by atoms with Crippen LogP contribution in [0.4, 0.5) is 4.79 Å². The molecule has 0 aromatic rings. The number of rotatable bonds is 38. The summed E-state index contributed by atoms with van der Waals surface area (Å²) < 4.78 is 22.8. The number of ether oxygens (including phenoxy) is 4. The Morgan fingerprint density at radius 2 is 1.04 bits per heavy atom. The summed E-state index contributed by atoms with van der Waals surface area (Å²) in [7, 11) is 2.00. The Balaban J connectivity index is 4.84. The van der Waals surface area contributed by atoms with Gasteiger partial charge in [-0.05, 0) is 71.4 Å². The van der Waals surface area contributed by atoms with E-state index in [0.717, 1.165) is 77.3 Å². The van der Waals surface area contributed by atoms with Crippen molar-refractivity contribution in [3.05, 3.63) is 0 Å². The Morgan fingerprint density at radius 3 is 1.53 bits per heavy atom. The van der Waals surface area contributed by atoms with Gasteiger partial charge in [0.25, 0.3) is 0 Å². The zero-order valence-corrected chi connectivity index (χ0v) is 33.4. The van der Waals surface area contributed by atoms with Crippen molar-refractivity contribution in [3.63, 3.8) is 0 Å². The van der Waals surface area contributed by atoms with Crippen molar-refractivity contribution in [1.82, 2.24) is 10.2 Å². The highest BCUT2D eigenvalue weighted by molar-refractivity contribution is 5.70. The number of carboxylic acid groups (broad SMARTS) is 2. The van der Waals surface area contributed by atoms with Crippen molar-refractivity contribution in [1.29, 1.82) is 0 Å². The van der Waals surface area contributed by atoms with E-state index in [1.54, 1.807) is 0 Å². The van der Waals surface area contributed by atoms with Crippen molar-refractivity contribution in [2.75, 3.05) is 46.5 Å². The molecule has 1 amide bonds. The van der Waals surface area contributed by atoms with Crippen molar-refractivity contribution in [2.45, 2.75) is 180 Å². The fraction of sp³-hybridized carbons (Fsp3) is 0.875. The van der Waals surface area contributed by atoms with Crippen LogP contribution in [0.5, 0.6) is 0 Å². The molecule has 0 fully saturated rings. The minimum Gasteiger partial charge on any atom is -0.481 e. The molecule has 0 bridgehead atoms. The van der Waals surface area contributed by atoms with Crippen molar-refractivity contribution in [3.8, 4) is 0 Å². The van der Waals surface area contributed by atoms with Gasteiger partial charge >= 0.3 is 30.0 Å². The first-order valence-electron chi connectivity index (χ1n) is 20.6. The van der Waals surface area contributed by atoms with E-state index in [2.05, 4.69) is 24.1 Å². The molecular formula is C40H74N2O11. The third kappa shape index (κ3) is 35.8. The number of nitrogens with one attached hydrogen (secondary N) is 1. The summed E-state index contributed by atoms with van der Waals surface area (Å²) in [5, 5.41) is 20.4. The number of aliphatic carboxylic acids is 2. The minimum atomic E-state index is -0.797. The number of esters is 2. The van der Waals surface area contributed by atoms with Crippen LogP contribution >= 0.6 is 0 Å². The SMILES string of the molecule is CCCCCCCCC(CCCCOC(COC(=O)CCCCCCCC(=O)O)COC(=O)CCCCCCCC(=O)O)OC(=O)NCCN(C)CC. The van der Waals surface area contributed by atoms with Gasteiger partial charge in [-0.15, -0.1) is 0 Å². The molecule has 3 N–H and O–H groups in total. The standard InChI is InChI=1S/C40H74N2O11/c1-4-6-7-8-11-16-23-34(53-40(49)41-29-30-42(3)5-2)24-21-22-31-50-35(32-51-38(47)27-19-14-9-12-17-25-36(43)44)33-52-39(48)28-20-15-10-13-18-26-37(45)46/h34-35H,4-33H2,1-3H3,(H,41,49)(H,43,44)(H,45,46). The number of amides is 1. The van der Waals surface area contributed by atoms with Crippen LogP contribution in [-0.4, -0.2) is 104 Å². The highest BCUT2D eigenvalue weighted by atomic mass is 16.6. The maximum atomic E-state index is 12.5. The van der Waals surface area contributed by atoms with Gasteiger partial charge in [0.05, 0.1) is 0 Å². The van der Waals surface area contributed by atoms with Crippen LogP contribution in [0.25, 0.3) is 0 Å². The summed E-state index contributed by atoms with van der Waals surface area (Å²) in [5.41, 5.74) is 0. The van der Waals surface area contributed by atoms with Crippen molar-refractivity contribution < 1.29 is 53.1 Å². The maximum Gasteiger partial charge on any atom is 0.407 e. The average molecular weight is 759 g/mol. The number of hydrogen-bond acceptors (Lipinski definition) is 10. The quantitative estimate of drug-likeness (QED) is 0.0314. The lowest BCUT2D eigenvalue weighted by molar-refractivity contribution is -0.155. The zero-order valence-electron chi connectivity index (χ0n) is 33.4. The summed E-state index contributed by atoms with van der Waals surface area (Å²) in [6.07, 6.45) is 17.1. The van der Waals surface area contributed by atoms with Gasteiger partial charge in [0.2, 0.25) is 0 Å². The second-order valence-corrected chi connectivity index (χ2v) is 14.1. The fourth-order valence-corrected chi connectivity index (χ4v) is 5.65. The molecule has 0 saturated heterocycles.